The molecule has 0 fully saturated rings. The van der Waals surface area contributed by atoms with E-state index in [0.717, 1.165) is 11.4 Å². The molecule has 1 aromatic rings. The van der Waals surface area contributed by atoms with Gasteiger partial charge in [-0.15, -0.1) is 11.3 Å². The zero-order valence-electron chi connectivity index (χ0n) is 7.16. The molecule has 0 saturated carbocycles. The summed E-state index contributed by atoms with van der Waals surface area (Å²) in [6.45, 7) is 3.81. The van der Waals surface area contributed by atoms with Crippen LogP contribution in [-0.2, 0) is 4.79 Å². The third-order valence-electron chi connectivity index (χ3n) is 1.27. The summed E-state index contributed by atoms with van der Waals surface area (Å²) >= 11 is 1.48. The summed E-state index contributed by atoms with van der Waals surface area (Å²) in [6.07, 6.45) is 1.26. The van der Waals surface area contributed by atoms with Crippen LogP contribution in [0.3, 0.4) is 0 Å². The zero-order valence-corrected chi connectivity index (χ0v) is 7.98. The Balaban J connectivity index is 2.46. The minimum Gasteiger partial charge on any atom is -0.407 e. The summed E-state index contributed by atoms with van der Waals surface area (Å²) < 4.78 is 4.94. The topological polar surface area (TPSA) is 39.2 Å². The number of carbonyl (C=O) groups is 1. The Morgan fingerprint density at radius 1 is 1.75 bits per heavy atom. The molecular formula is C8H11NO2S. The highest BCUT2D eigenvalue weighted by Gasteiger charge is 2.05. The van der Waals surface area contributed by atoms with Crippen LogP contribution in [0, 0.1) is 6.92 Å². The van der Waals surface area contributed by atoms with Crippen molar-refractivity contribution in [2.24, 2.45) is 0 Å². The monoisotopic (exact) mass is 185 g/mol. The molecule has 66 valence electrons. The Hall–Kier alpha value is -0.900. The van der Waals surface area contributed by atoms with Crippen molar-refractivity contribution in [2.45, 2.75) is 26.7 Å². The molecule has 1 rings (SSSR count). The van der Waals surface area contributed by atoms with E-state index in [1.807, 2.05) is 13.8 Å². The number of nitrogens with zero attached hydrogens (tertiary/aromatic N) is 1. The molecule has 1 aromatic heterocycles. The quantitative estimate of drug-likeness (QED) is 0.677. The van der Waals surface area contributed by atoms with Crippen molar-refractivity contribution in [3.63, 3.8) is 0 Å². The van der Waals surface area contributed by atoms with Crippen LogP contribution in [0.4, 0.5) is 0 Å². The Labute approximate surface area is 75.4 Å². The van der Waals surface area contributed by atoms with E-state index in [1.54, 1.807) is 5.38 Å². The summed E-state index contributed by atoms with van der Waals surface area (Å²) in [5, 5.41) is 2.65. The van der Waals surface area contributed by atoms with E-state index in [-0.39, 0.29) is 5.97 Å². The molecule has 3 nitrogen and oxygen atoms in total. The van der Waals surface area contributed by atoms with Crippen molar-refractivity contribution in [2.75, 3.05) is 0 Å². The second kappa shape index (κ2) is 4.21. The smallest absolute Gasteiger partial charge is 0.312 e. The standard InChI is InChI=1S/C8H11NO2S/c1-3-4-8(10)11-7-5-12-6(2)9-7/h5H,3-4H2,1-2H3. The van der Waals surface area contributed by atoms with Crippen LogP contribution in [0.2, 0.25) is 0 Å². The number of ether oxygens (including phenoxy) is 1. The number of carbonyl (C=O) groups excluding carboxylic acids is 1. The summed E-state index contributed by atoms with van der Waals surface area (Å²) in [6, 6.07) is 0. The van der Waals surface area contributed by atoms with E-state index in [1.165, 1.54) is 11.3 Å². The van der Waals surface area contributed by atoms with E-state index in [9.17, 15) is 4.79 Å². The molecule has 0 atom stereocenters. The van der Waals surface area contributed by atoms with Crippen molar-refractivity contribution in [1.29, 1.82) is 0 Å². The Kier molecular flexibility index (Phi) is 3.22. The number of rotatable bonds is 3. The first-order chi connectivity index (χ1) is 5.72. The van der Waals surface area contributed by atoms with Gasteiger partial charge in [0, 0.05) is 6.42 Å². The van der Waals surface area contributed by atoms with Crippen molar-refractivity contribution in [3.05, 3.63) is 10.4 Å². The highest BCUT2D eigenvalue weighted by Crippen LogP contribution is 2.15. The Morgan fingerprint density at radius 3 is 3.00 bits per heavy atom. The first-order valence-corrected chi connectivity index (χ1v) is 4.73. The summed E-state index contributed by atoms with van der Waals surface area (Å²) in [7, 11) is 0. The maximum atomic E-state index is 11.0. The lowest BCUT2D eigenvalue weighted by Gasteiger charge is -1.96. The average Bonchev–Trinajstić information content (AvgIpc) is 2.36. The molecule has 0 aliphatic carbocycles. The van der Waals surface area contributed by atoms with Gasteiger partial charge in [0.05, 0.1) is 10.4 Å². The van der Waals surface area contributed by atoms with Crippen LogP contribution in [0.25, 0.3) is 0 Å². The first kappa shape index (κ1) is 9.19. The second-order valence-electron chi connectivity index (χ2n) is 2.43. The van der Waals surface area contributed by atoms with E-state index in [2.05, 4.69) is 4.98 Å². The van der Waals surface area contributed by atoms with Crippen LogP contribution < -0.4 is 4.74 Å². The van der Waals surface area contributed by atoms with Gasteiger partial charge < -0.3 is 4.74 Å². The number of esters is 1. The van der Waals surface area contributed by atoms with Gasteiger partial charge in [0.15, 0.2) is 0 Å². The van der Waals surface area contributed by atoms with Gasteiger partial charge in [-0.1, -0.05) is 6.92 Å². The van der Waals surface area contributed by atoms with Gasteiger partial charge in [-0.3, -0.25) is 4.79 Å². The number of hydrogen-bond donors (Lipinski definition) is 0. The van der Waals surface area contributed by atoms with Gasteiger partial charge in [0.1, 0.15) is 0 Å². The number of thiazole rings is 1. The van der Waals surface area contributed by atoms with Gasteiger partial charge in [-0.05, 0) is 13.3 Å². The summed E-state index contributed by atoms with van der Waals surface area (Å²) in [5.41, 5.74) is 0. The fourth-order valence-electron chi connectivity index (χ4n) is 0.762. The van der Waals surface area contributed by atoms with Crippen molar-refractivity contribution >= 4 is 17.3 Å². The lowest BCUT2D eigenvalue weighted by molar-refractivity contribution is -0.134. The zero-order chi connectivity index (χ0) is 8.97. The normalized spacial score (nSPS) is 9.83. The molecule has 0 spiro atoms. The van der Waals surface area contributed by atoms with Gasteiger partial charge in [-0.25, -0.2) is 4.98 Å². The van der Waals surface area contributed by atoms with E-state index in [0.29, 0.717) is 12.3 Å². The van der Waals surface area contributed by atoms with Crippen molar-refractivity contribution < 1.29 is 9.53 Å². The average molecular weight is 185 g/mol. The van der Waals surface area contributed by atoms with Crippen LogP contribution in [0.1, 0.15) is 24.8 Å². The SMILES string of the molecule is CCCC(=O)Oc1csc(C)n1. The van der Waals surface area contributed by atoms with Gasteiger partial charge in [0.25, 0.3) is 0 Å². The van der Waals surface area contributed by atoms with Gasteiger partial charge in [-0.2, -0.15) is 0 Å². The number of hydrogen-bond acceptors (Lipinski definition) is 4. The third-order valence-corrected chi connectivity index (χ3v) is 2.02. The molecule has 0 bridgehead atoms. The maximum Gasteiger partial charge on any atom is 0.312 e. The lowest BCUT2D eigenvalue weighted by atomic mass is 10.3. The molecule has 0 aromatic carbocycles. The van der Waals surface area contributed by atoms with Gasteiger partial charge in [0.2, 0.25) is 5.88 Å². The maximum absolute atomic E-state index is 11.0. The van der Waals surface area contributed by atoms with E-state index < -0.39 is 0 Å². The third kappa shape index (κ3) is 2.62. The second-order valence-corrected chi connectivity index (χ2v) is 3.49. The van der Waals surface area contributed by atoms with E-state index >= 15 is 0 Å². The molecule has 1 heterocycles. The molecule has 0 unspecified atom stereocenters. The molecule has 0 saturated heterocycles. The number of aryl methyl sites for hydroxylation is 1. The summed E-state index contributed by atoms with van der Waals surface area (Å²) in [4.78, 5) is 15.0. The fraction of sp³-hybridized carbons (Fsp3) is 0.500. The van der Waals surface area contributed by atoms with E-state index in [4.69, 9.17) is 4.74 Å². The van der Waals surface area contributed by atoms with Crippen molar-refractivity contribution in [3.8, 4) is 5.88 Å². The van der Waals surface area contributed by atoms with Crippen LogP contribution in [0.15, 0.2) is 5.38 Å². The largest absolute Gasteiger partial charge is 0.407 e. The minimum absolute atomic E-state index is 0.206. The molecule has 0 aliphatic rings. The molecule has 0 aliphatic heterocycles. The summed E-state index contributed by atoms with van der Waals surface area (Å²) in [5.74, 6) is 0.221. The van der Waals surface area contributed by atoms with Crippen LogP contribution in [0.5, 0.6) is 5.88 Å². The number of aromatic nitrogens is 1. The lowest BCUT2D eigenvalue weighted by Crippen LogP contribution is -2.06. The van der Waals surface area contributed by atoms with Crippen LogP contribution in [-0.4, -0.2) is 11.0 Å². The van der Waals surface area contributed by atoms with Crippen molar-refractivity contribution in [1.82, 2.24) is 4.98 Å². The first-order valence-electron chi connectivity index (χ1n) is 3.85. The highest BCUT2D eigenvalue weighted by atomic mass is 32.1. The molecule has 12 heavy (non-hydrogen) atoms. The molecular weight excluding hydrogens is 174 g/mol. The molecule has 0 N–H and O–H groups in total. The molecule has 4 heteroatoms. The Bertz CT molecular complexity index is 270. The predicted molar refractivity (Wildman–Crippen MR) is 47.4 cm³/mol. The van der Waals surface area contributed by atoms with Gasteiger partial charge >= 0.3 is 5.97 Å². The predicted octanol–water partition coefficient (Wildman–Crippen LogP) is 2.16. The highest BCUT2D eigenvalue weighted by molar-refractivity contribution is 7.09. The minimum atomic E-state index is -0.206. The molecule has 0 radical (unpaired) electrons. The Morgan fingerprint density at radius 2 is 2.50 bits per heavy atom. The fourth-order valence-corrected chi connectivity index (χ4v) is 1.28. The van der Waals surface area contributed by atoms with Crippen LogP contribution >= 0.6 is 11.3 Å². The molecule has 0 amide bonds.